The summed E-state index contributed by atoms with van der Waals surface area (Å²) in [5, 5.41) is 8.05. The number of hydrogen-bond acceptors (Lipinski definition) is 6. The van der Waals surface area contributed by atoms with Gasteiger partial charge in [0.1, 0.15) is 0 Å². The van der Waals surface area contributed by atoms with Crippen molar-refractivity contribution in [3.05, 3.63) is 334 Å². The van der Waals surface area contributed by atoms with Crippen LogP contribution in [0.4, 0.5) is 85.3 Å². The first-order chi connectivity index (χ1) is 50.1. The van der Waals surface area contributed by atoms with E-state index in [-0.39, 0.29) is 56.9 Å². The molecule has 3 aromatic heterocycles. The van der Waals surface area contributed by atoms with E-state index in [1.807, 2.05) is 0 Å². The summed E-state index contributed by atoms with van der Waals surface area (Å²) in [5.74, 6) is 1.68. The average molecular weight is 1480 g/mol. The van der Waals surface area contributed by atoms with Crippen LogP contribution < -0.4 is 62.0 Å². The summed E-state index contributed by atoms with van der Waals surface area (Å²) in [7, 11) is 0. The molecule has 18 aromatic rings. The van der Waals surface area contributed by atoms with E-state index >= 15 is 0 Å². The molecule has 7 heterocycles. The third-order valence-corrected chi connectivity index (χ3v) is 28.3. The Labute approximate surface area is 602 Å². The van der Waals surface area contributed by atoms with Gasteiger partial charge in [0.2, 0.25) is 0 Å². The molecule has 0 spiro atoms. The number of hydrogen-bond donors (Lipinski definition) is 0. The van der Waals surface area contributed by atoms with E-state index < -0.39 is 0 Å². The maximum atomic E-state index is 7.90. The molecule has 6 nitrogen and oxygen atoms in total. The van der Waals surface area contributed by atoms with Crippen LogP contribution in [0.15, 0.2) is 334 Å². The van der Waals surface area contributed by atoms with Crippen LogP contribution in [-0.2, 0) is 0 Å². The quantitative estimate of drug-likeness (QED) is 0.134. The Balaban J connectivity index is 0.836. The predicted octanol–water partition coefficient (Wildman–Crippen LogP) is 19.2. The molecule has 0 amide bonds. The van der Waals surface area contributed by atoms with Gasteiger partial charge >= 0.3 is 493 Å². The van der Waals surface area contributed by atoms with Crippen LogP contribution in [-0.4, -0.2) is 56.9 Å². The first kappa shape index (κ1) is 57.7. The molecule has 11 heteroatoms. The number of benzene rings is 15. The van der Waals surface area contributed by atoms with Gasteiger partial charge in [-0.25, -0.2) is 0 Å². The fourth-order valence-electron chi connectivity index (χ4n) is 17.0. The van der Waals surface area contributed by atoms with Gasteiger partial charge in [-0.2, -0.15) is 0 Å². The number of anilines is 15. The van der Waals surface area contributed by atoms with Gasteiger partial charge in [-0.05, 0) is 36.4 Å². The van der Waals surface area contributed by atoms with Gasteiger partial charge in [-0.15, -0.1) is 0 Å². The van der Waals surface area contributed by atoms with Crippen molar-refractivity contribution in [3.63, 3.8) is 0 Å². The summed E-state index contributed by atoms with van der Waals surface area (Å²) in [4.78, 5) is 12.6. The molecule has 0 atom stereocenters. The SMILES string of the molecule is c1ccc(N(c2ccccc2)c2cc3c4c(c2)N(c2ccccc2)c2ccccc2B4c2cc4c(cc2O3)N(c2ccc3c(c2)[se]c2ccccc23)c2cc(N(c3ccccc3)c3ccc5c(c3)[se]c3ccccc35)cc3c2B4c2ccccc2N3c2ccc3c(c2)[se]c2ccccc23)cc1. The molecule has 0 bridgehead atoms. The van der Waals surface area contributed by atoms with E-state index in [1.54, 1.807) is 0 Å². The molecule has 15 aromatic carbocycles. The monoisotopic (exact) mass is 1480 g/mol. The topological polar surface area (TPSA) is 25.4 Å². The minimum Gasteiger partial charge on any atom is -0.0602 e. The molecule has 0 N–H and O–H groups in total. The number of nitrogens with zero attached hydrogens (tertiary/aromatic N) is 5. The largest absolute Gasteiger partial charge is 0.0602 e. The van der Waals surface area contributed by atoms with Crippen LogP contribution in [0.5, 0.6) is 11.5 Å². The molecule has 4 aliphatic heterocycles. The van der Waals surface area contributed by atoms with Crippen molar-refractivity contribution in [3.8, 4) is 11.5 Å². The van der Waals surface area contributed by atoms with Crippen LogP contribution in [0.25, 0.3) is 57.9 Å². The molecular weight excluding hydrogens is 1430 g/mol. The Hall–Kier alpha value is -11.2. The van der Waals surface area contributed by atoms with E-state index in [0.29, 0.717) is 0 Å². The van der Waals surface area contributed by atoms with Crippen molar-refractivity contribution >= 4 is 233 Å². The molecule has 0 saturated carbocycles. The van der Waals surface area contributed by atoms with Gasteiger partial charge in [-0.1, -0.05) is 60.7 Å². The molecule has 470 valence electrons. The molecule has 22 rings (SSSR count). The fraction of sp³-hybridized carbons (Fsp3) is 0. The van der Waals surface area contributed by atoms with Gasteiger partial charge in [0.25, 0.3) is 0 Å². The van der Waals surface area contributed by atoms with Crippen LogP contribution in [0.3, 0.4) is 0 Å². The van der Waals surface area contributed by atoms with Gasteiger partial charge in [0, 0.05) is 17.1 Å². The number of rotatable bonds is 9. The Kier molecular flexibility index (Phi) is 12.9. The second kappa shape index (κ2) is 22.7. The predicted molar refractivity (Wildman–Crippen MR) is 432 cm³/mol. The smallest absolute Gasteiger partial charge is 0.0380 e. The maximum Gasteiger partial charge on any atom is -0.0380 e. The number of ether oxygens (including phenoxy) is 1. The zero-order valence-electron chi connectivity index (χ0n) is 54.3. The minimum absolute atomic E-state index is 0.0983. The average Bonchev–Trinajstić information content (AvgIpc) is 1.08. The third-order valence-electron chi connectivity index (χ3n) is 21.2. The normalized spacial score (nSPS) is 13.1. The molecule has 101 heavy (non-hydrogen) atoms. The second-order valence-corrected chi connectivity index (χ2v) is 33.5. The molecule has 4 aliphatic rings. The van der Waals surface area contributed by atoms with Crippen molar-refractivity contribution in [2.24, 2.45) is 0 Å². The first-order valence-corrected chi connectivity index (χ1v) is 39.6. The molecule has 0 unspecified atom stereocenters. The molecule has 0 aliphatic carbocycles. The standard InChI is InChI=1S/C90H55B2N5OSe3/c1-5-23-56(24-6-1)93(57-25-7-2-8-26-57)64-49-80-90-82(50-64)98-81-55-77-73(54-74(81)92(90)72-35-17-18-36-75(72)95(80)59-29-11-4-12-30-59)91-71-34-16-19-37-76(71)96(61-42-45-69-66-32-14-21-39-84(66)100-87(69)52-61)78-47-63(48-79(89(78)91)97(77)62-43-46-70-67-33-15-22-40-85(67)101-88(70)53-62)94(58-27-9-3-10-28-58)60-41-44-68-65-31-13-20-38-83(65)99-86(68)51-60/h1-55H. The van der Waals surface area contributed by atoms with Crippen LogP contribution >= 0.6 is 0 Å². The number of fused-ring (bicyclic) bond motifs is 17. The second-order valence-electron chi connectivity index (χ2n) is 26.7. The van der Waals surface area contributed by atoms with Crippen molar-refractivity contribution in [2.75, 3.05) is 24.5 Å². The van der Waals surface area contributed by atoms with Crippen molar-refractivity contribution in [1.29, 1.82) is 0 Å². The summed E-state index contributed by atoms with van der Waals surface area (Å²) < 4.78 is 16.4. The summed E-state index contributed by atoms with van der Waals surface area (Å²) in [5.41, 5.74) is 23.9. The molecule has 0 fully saturated rings. The summed E-state index contributed by atoms with van der Waals surface area (Å²) in [6, 6.07) is 126. The Morgan fingerprint density at radius 3 is 1.16 bits per heavy atom. The Morgan fingerprint density at radius 2 is 0.624 bits per heavy atom. The van der Waals surface area contributed by atoms with Crippen LogP contribution in [0.2, 0.25) is 0 Å². The summed E-state index contributed by atoms with van der Waals surface area (Å²) in [6.45, 7) is -0.379. The maximum absolute atomic E-state index is 7.90. The first-order valence-electron chi connectivity index (χ1n) is 34.4. The summed E-state index contributed by atoms with van der Waals surface area (Å²) in [6.07, 6.45) is 0. The Bertz CT molecular complexity index is 6420. The van der Waals surface area contributed by atoms with E-state index in [4.69, 9.17) is 4.74 Å². The van der Waals surface area contributed by atoms with Gasteiger partial charge in [-0.3, -0.25) is 0 Å². The van der Waals surface area contributed by atoms with Crippen LogP contribution in [0.1, 0.15) is 0 Å². The Morgan fingerprint density at radius 1 is 0.228 bits per heavy atom. The van der Waals surface area contributed by atoms with E-state index in [9.17, 15) is 0 Å². The minimum atomic E-state index is -0.191. The fourth-order valence-corrected chi connectivity index (χ4v) is 24.1. The van der Waals surface area contributed by atoms with E-state index in [2.05, 4.69) is 358 Å². The van der Waals surface area contributed by atoms with Gasteiger partial charge in [0.15, 0.2) is 0 Å². The van der Waals surface area contributed by atoms with E-state index in [0.717, 1.165) is 102 Å². The number of para-hydroxylation sites is 6. The molecular formula is C90H55B2N5OSe3. The van der Waals surface area contributed by atoms with Crippen molar-refractivity contribution < 1.29 is 4.74 Å². The molecule has 0 radical (unpaired) electrons. The van der Waals surface area contributed by atoms with E-state index in [1.165, 1.54) is 85.4 Å². The zero-order chi connectivity index (χ0) is 66.0. The van der Waals surface area contributed by atoms with Crippen molar-refractivity contribution in [1.82, 2.24) is 0 Å². The molecule has 0 saturated heterocycles. The summed E-state index contributed by atoms with van der Waals surface area (Å²) >= 11 is 0.393. The van der Waals surface area contributed by atoms with Crippen LogP contribution in [0, 0.1) is 0 Å². The van der Waals surface area contributed by atoms with Gasteiger partial charge < -0.3 is 0 Å². The zero-order valence-corrected chi connectivity index (χ0v) is 59.4. The van der Waals surface area contributed by atoms with Crippen molar-refractivity contribution in [2.45, 2.75) is 0 Å². The third kappa shape index (κ3) is 8.86. The van der Waals surface area contributed by atoms with Gasteiger partial charge in [0.05, 0.1) is 0 Å².